The van der Waals surface area contributed by atoms with Crippen LogP contribution in [0.5, 0.6) is 0 Å². The molecule has 0 aliphatic carbocycles. The quantitative estimate of drug-likeness (QED) is 0.203. The van der Waals surface area contributed by atoms with E-state index in [1.807, 2.05) is 6.92 Å². The zero-order chi connectivity index (χ0) is 18.3. The summed E-state index contributed by atoms with van der Waals surface area (Å²) < 4.78 is 0. The molecule has 1 unspecified atom stereocenters. The van der Waals surface area contributed by atoms with Gasteiger partial charge in [0.05, 0.1) is 0 Å². The summed E-state index contributed by atoms with van der Waals surface area (Å²) in [5.41, 5.74) is -0.299. The van der Waals surface area contributed by atoms with Crippen LogP contribution in [0.1, 0.15) is 117 Å². The number of hydrogen-bond acceptors (Lipinski definition) is 3. The second-order valence-corrected chi connectivity index (χ2v) is 11.3. The van der Waals surface area contributed by atoms with Crippen LogP contribution in [0, 0.1) is 0 Å². The summed E-state index contributed by atoms with van der Waals surface area (Å²) in [5, 5.41) is 0. The van der Waals surface area contributed by atoms with Crippen molar-refractivity contribution in [1.82, 2.24) is 0 Å². The first-order chi connectivity index (χ1) is 11.4. The van der Waals surface area contributed by atoms with Gasteiger partial charge in [-0.05, 0) is 0 Å². The Hall–Kier alpha value is 0.310. The van der Waals surface area contributed by atoms with Crippen LogP contribution in [0.15, 0.2) is 0 Å². The fourth-order valence-corrected chi connectivity index (χ4v) is 6.16. The normalized spacial score (nSPS) is 15.2. The molecule has 0 bridgehead atoms. The van der Waals surface area contributed by atoms with Gasteiger partial charge in [0.1, 0.15) is 0 Å². The molecule has 4 heteroatoms. The standard InChI is InChI=1S/C20H45O3P/c1-4-7-10-11-12-13-14-15-16-18-20(17-8-5-2)24(21,22,23)19-9-6-3/h20-23H,4-19H2,1-3H3. The Labute approximate surface area is 151 Å². The summed E-state index contributed by atoms with van der Waals surface area (Å²) in [6.45, 7) is 6.38. The Morgan fingerprint density at radius 3 is 1.46 bits per heavy atom. The molecule has 148 valence electrons. The van der Waals surface area contributed by atoms with E-state index in [1.54, 1.807) is 0 Å². The monoisotopic (exact) mass is 364 g/mol. The topological polar surface area (TPSA) is 60.7 Å². The molecule has 3 nitrogen and oxygen atoms in total. The van der Waals surface area contributed by atoms with Gasteiger partial charge in [-0.15, -0.1) is 0 Å². The first-order valence-electron chi connectivity index (χ1n) is 10.6. The number of rotatable bonds is 17. The molecule has 1 atom stereocenters. The summed E-state index contributed by atoms with van der Waals surface area (Å²) in [6, 6.07) is 0. The molecule has 0 aromatic rings. The van der Waals surface area contributed by atoms with Crippen LogP contribution in [-0.2, 0) is 0 Å². The Morgan fingerprint density at radius 2 is 0.958 bits per heavy atom. The maximum absolute atomic E-state index is 10.6. The average Bonchev–Trinajstić information content (AvgIpc) is 2.53. The molecule has 0 aliphatic heterocycles. The minimum absolute atomic E-state index is 0.188. The van der Waals surface area contributed by atoms with Crippen molar-refractivity contribution in [3.8, 4) is 0 Å². The van der Waals surface area contributed by atoms with Crippen molar-refractivity contribution in [3.63, 3.8) is 0 Å². The predicted molar refractivity (Wildman–Crippen MR) is 109 cm³/mol. The summed E-state index contributed by atoms with van der Waals surface area (Å²) >= 11 is 0. The van der Waals surface area contributed by atoms with Crippen LogP contribution < -0.4 is 0 Å². The molecule has 0 heterocycles. The van der Waals surface area contributed by atoms with E-state index in [0.29, 0.717) is 6.42 Å². The van der Waals surface area contributed by atoms with Gasteiger partial charge in [-0.3, -0.25) is 0 Å². The second kappa shape index (κ2) is 13.5. The van der Waals surface area contributed by atoms with E-state index in [1.165, 1.54) is 44.9 Å². The van der Waals surface area contributed by atoms with E-state index in [-0.39, 0.29) is 11.8 Å². The molecule has 3 N–H and O–H groups in total. The molecule has 0 radical (unpaired) electrons. The Kier molecular flexibility index (Phi) is 13.7. The summed E-state index contributed by atoms with van der Waals surface area (Å²) in [5.74, 6) is 0. The molecule has 0 saturated carbocycles. The van der Waals surface area contributed by atoms with Gasteiger partial charge in [0.2, 0.25) is 0 Å². The summed E-state index contributed by atoms with van der Waals surface area (Å²) in [4.78, 5) is 31.7. The Morgan fingerprint density at radius 1 is 0.542 bits per heavy atom. The van der Waals surface area contributed by atoms with E-state index in [4.69, 9.17) is 0 Å². The van der Waals surface area contributed by atoms with Gasteiger partial charge < -0.3 is 0 Å². The van der Waals surface area contributed by atoms with E-state index in [0.717, 1.165) is 44.9 Å². The van der Waals surface area contributed by atoms with Crippen molar-refractivity contribution in [3.05, 3.63) is 0 Å². The summed E-state index contributed by atoms with van der Waals surface area (Å²) in [7, 11) is -4.46. The van der Waals surface area contributed by atoms with E-state index < -0.39 is 7.28 Å². The van der Waals surface area contributed by atoms with Crippen LogP contribution in [-0.4, -0.2) is 26.5 Å². The third kappa shape index (κ3) is 11.8. The third-order valence-corrected chi connectivity index (χ3v) is 8.41. The molecule has 0 aromatic carbocycles. The average molecular weight is 365 g/mol. The SMILES string of the molecule is CCCCCCCCCCCC(CCCC)P(O)(O)(O)CCCC. The molecule has 0 aromatic heterocycles. The van der Waals surface area contributed by atoms with Gasteiger partial charge in [0.15, 0.2) is 0 Å². The van der Waals surface area contributed by atoms with E-state index in [2.05, 4.69) is 13.8 Å². The molecule has 0 amide bonds. The fraction of sp³-hybridized carbons (Fsp3) is 1.00. The zero-order valence-corrected chi connectivity index (χ0v) is 17.6. The van der Waals surface area contributed by atoms with Crippen molar-refractivity contribution in [2.75, 3.05) is 6.16 Å². The van der Waals surface area contributed by atoms with Crippen molar-refractivity contribution in [2.24, 2.45) is 0 Å². The molecule has 0 aliphatic rings. The van der Waals surface area contributed by atoms with Crippen LogP contribution in [0.4, 0.5) is 0 Å². The molecule has 24 heavy (non-hydrogen) atoms. The summed E-state index contributed by atoms with van der Waals surface area (Å²) in [6.07, 6.45) is 16.7. The van der Waals surface area contributed by atoms with Crippen LogP contribution in [0.3, 0.4) is 0 Å². The van der Waals surface area contributed by atoms with Gasteiger partial charge >= 0.3 is 151 Å². The van der Waals surface area contributed by atoms with E-state index >= 15 is 0 Å². The first-order valence-corrected chi connectivity index (χ1v) is 13.0. The molecule has 0 saturated heterocycles. The van der Waals surface area contributed by atoms with Gasteiger partial charge in [0.25, 0.3) is 0 Å². The minimum atomic E-state index is -4.46. The van der Waals surface area contributed by atoms with Crippen LogP contribution in [0.25, 0.3) is 0 Å². The first kappa shape index (κ1) is 24.3. The van der Waals surface area contributed by atoms with Crippen molar-refractivity contribution >= 4 is 7.28 Å². The van der Waals surface area contributed by atoms with Gasteiger partial charge in [-0.2, -0.15) is 0 Å². The molecule has 0 rings (SSSR count). The van der Waals surface area contributed by atoms with Crippen molar-refractivity contribution < 1.29 is 14.7 Å². The molecule has 0 spiro atoms. The predicted octanol–water partition coefficient (Wildman–Crippen LogP) is 6.54. The fourth-order valence-electron chi connectivity index (χ4n) is 3.45. The second-order valence-electron chi connectivity index (χ2n) is 7.71. The number of unbranched alkanes of at least 4 members (excludes halogenated alkanes) is 10. The Bertz CT molecular complexity index is 286. The van der Waals surface area contributed by atoms with Gasteiger partial charge in [0, 0.05) is 0 Å². The van der Waals surface area contributed by atoms with Gasteiger partial charge in [-0.1, -0.05) is 0 Å². The Balaban J connectivity index is 4.11. The van der Waals surface area contributed by atoms with Crippen LogP contribution in [0.2, 0.25) is 0 Å². The molecule has 0 fully saturated rings. The van der Waals surface area contributed by atoms with Gasteiger partial charge in [-0.25, -0.2) is 0 Å². The zero-order valence-electron chi connectivity index (χ0n) is 16.7. The number of hydrogen-bond donors (Lipinski definition) is 3. The molecular formula is C20H45O3P. The molecular weight excluding hydrogens is 319 g/mol. The van der Waals surface area contributed by atoms with Crippen molar-refractivity contribution in [1.29, 1.82) is 0 Å². The van der Waals surface area contributed by atoms with Crippen molar-refractivity contribution in [2.45, 2.75) is 123 Å². The maximum atomic E-state index is 10.6. The third-order valence-electron chi connectivity index (χ3n) is 5.22. The van der Waals surface area contributed by atoms with Crippen LogP contribution >= 0.6 is 7.28 Å². The van der Waals surface area contributed by atoms with E-state index in [9.17, 15) is 14.7 Å².